The molecular weight excluding hydrogens is 192 g/mol. The summed E-state index contributed by atoms with van der Waals surface area (Å²) in [4.78, 5) is 11.6. The van der Waals surface area contributed by atoms with Crippen LogP contribution in [0.1, 0.15) is 47.0 Å². The van der Waals surface area contributed by atoms with E-state index in [-0.39, 0.29) is 17.5 Å². The lowest BCUT2D eigenvalue weighted by Gasteiger charge is -2.22. The third-order valence-electron chi connectivity index (χ3n) is 2.04. The fourth-order valence-corrected chi connectivity index (χ4v) is 1.22. The summed E-state index contributed by atoms with van der Waals surface area (Å²) < 4.78 is 10.2. The van der Waals surface area contributed by atoms with Gasteiger partial charge in [-0.25, -0.2) is 0 Å². The maximum Gasteiger partial charge on any atom is 0.309 e. The van der Waals surface area contributed by atoms with Gasteiger partial charge in [0, 0.05) is 13.7 Å². The van der Waals surface area contributed by atoms with Crippen LogP contribution in [0.4, 0.5) is 0 Å². The first-order chi connectivity index (χ1) is 6.87. The Morgan fingerprint density at radius 3 is 2.33 bits per heavy atom. The monoisotopic (exact) mass is 216 g/mol. The van der Waals surface area contributed by atoms with Crippen LogP contribution in [0.5, 0.6) is 0 Å². The fraction of sp³-hybridized carbons (Fsp3) is 0.917. The third kappa shape index (κ3) is 8.43. The molecule has 3 nitrogen and oxygen atoms in total. The summed E-state index contributed by atoms with van der Waals surface area (Å²) in [6.07, 6.45) is 2.89. The van der Waals surface area contributed by atoms with E-state index in [1.165, 1.54) is 0 Å². The summed E-state index contributed by atoms with van der Waals surface area (Å²) in [6, 6.07) is 0. The highest BCUT2D eigenvalue weighted by Gasteiger charge is 2.20. The van der Waals surface area contributed by atoms with Crippen molar-refractivity contribution in [3.63, 3.8) is 0 Å². The maximum atomic E-state index is 11.6. The highest BCUT2D eigenvalue weighted by atomic mass is 16.6. The third-order valence-corrected chi connectivity index (χ3v) is 2.04. The normalized spacial score (nSPS) is 13.7. The lowest BCUT2D eigenvalue weighted by atomic mass is 10.0. The second kappa shape index (κ2) is 6.83. The Morgan fingerprint density at radius 1 is 1.27 bits per heavy atom. The number of methoxy groups -OCH3 is 1. The molecule has 90 valence electrons. The SMILES string of the molecule is COCCCCC(C)C(=O)OC(C)(C)C. The minimum absolute atomic E-state index is 0.0129. The molecule has 0 saturated carbocycles. The smallest absolute Gasteiger partial charge is 0.309 e. The van der Waals surface area contributed by atoms with Crippen LogP contribution in [0.3, 0.4) is 0 Å². The number of carbonyl (C=O) groups excluding carboxylic acids is 1. The molecule has 0 spiro atoms. The largest absolute Gasteiger partial charge is 0.460 e. The number of esters is 1. The van der Waals surface area contributed by atoms with Crippen LogP contribution >= 0.6 is 0 Å². The van der Waals surface area contributed by atoms with Gasteiger partial charge in [0.25, 0.3) is 0 Å². The van der Waals surface area contributed by atoms with Crippen molar-refractivity contribution in [2.75, 3.05) is 13.7 Å². The molecule has 0 aromatic rings. The highest BCUT2D eigenvalue weighted by Crippen LogP contribution is 2.15. The zero-order chi connectivity index (χ0) is 11.9. The topological polar surface area (TPSA) is 35.5 Å². The number of carbonyl (C=O) groups is 1. The van der Waals surface area contributed by atoms with Crippen molar-refractivity contribution in [1.29, 1.82) is 0 Å². The Labute approximate surface area is 93.1 Å². The van der Waals surface area contributed by atoms with Crippen LogP contribution in [0.2, 0.25) is 0 Å². The molecule has 15 heavy (non-hydrogen) atoms. The Bertz CT molecular complexity index is 182. The summed E-state index contributed by atoms with van der Waals surface area (Å²) in [5.74, 6) is -0.110. The molecule has 0 heterocycles. The van der Waals surface area contributed by atoms with Gasteiger partial charge in [-0.15, -0.1) is 0 Å². The Kier molecular flexibility index (Phi) is 6.57. The van der Waals surface area contributed by atoms with Gasteiger partial charge < -0.3 is 9.47 Å². The van der Waals surface area contributed by atoms with Crippen molar-refractivity contribution in [2.45, 2.75) is 52.6 Å². The first kappa shape index (κ1) is 14.4. The van der Waals surface area contributed by atoms with Gasteiger partial charge in [0.1, 0.15) is 5.60 Å². The predicted octanol–water partition coefficient (Wildman–Crippen LogP) is 2.78. The van der Waals surface area contributed by atoms with Crippen LogP contribution in [0, 0.1) is 5.92 Å². The molecule has 1 atom stereocenters. The summed E-state index contributed by atoms with van der Waals surface area (Å²) >= 11 is 0. The molecule has 1 unspecified atom stereocenters. The molecule has 0 aromatic carbocycles. The van der Waals surface area contributed by atoms with Crippen molar-refractivity contribution in [3.8, 4) is 0 Å². The fourth-order valence-electron chi connectivity index (χ4n) is 1.22. The van der Waals surface area contributed by atoms with E-state index < -0.39 is 0 Å². The van der Waals surface area contributed by atoms with Crippen LogP contribution in [0.15, 0.2) is 0 Å². The van der Waals surface area contributed by atoms with Gasteiger partial charge in [-0.2, -0.15) is 0 Å². The average molecular weight is 216 g/mol. The van der Waals surface area contributed by atoms with Gasteiger partial charge in [0.05, 0.1) is 5.92 Å². The van der Waals surface area contributed by atoms with Crippen molar-refractivity contribution in [2.24, 2.45) is 5.92 Å². The van der Waals surface area contributed by atoms with E-state index >= 15 is 0 Å². The molecule has 0 fully saturated rings. The van der Waals surface area contributed by atoms with Crippen LogP contribution in [-0.4, -0.2) is 25.3 Å². The molecule has 0 aliphatic rings. The average Bonchev–Trinajstić information content (AvgIpc) is 2.09. The minimum Gasteiger partial charge on any atom is -0.460 e. The summed E-state index contributed by atoms with van der Waals surface area (Å²) in [6.45, 7) is 8.36. The van der Waals surface area contributed by atoms with E-state index in [4.69, 9.17) is 9.47 Å². The molecule has 0 radical (unpaired) electrons. The standard InChI is InChI=1S/C12H24O3/c1-10(8-6-7-9-14-5)11(13)15-12(2,3)4/h10H,6-9H2,1-5H3. The molecule has 0 rings (SSSR count). The van der Waals surface area contributed by atoms with E-state index in [0.29, 0.717) is 0 Å². The molecular formula is C12H24O3. The van der Waals surface area contributed by atoms with Gasteiger partial charge in [0.15, 0.2) is 0 Å². The van der Waals surface area contributed by atoms with E-state index in [1.807, 2.05) is 27.7 Å². The van der Waals surface area contributed by atoms with Crippen molar-refractivity contribution < 1.29 is 14.3 Å². The van der Waals surface area contributed by atoms with Gasteiger partial charge in [-0.1, -0.05) is 13.3 Å². The Morgan fingerprint density at radius 2 is 1.87 bits per heavy atom. The van der Waals surface area contributed by atoms with Crippen LogP contribution in [0.25, 0.3) is 0 Å². The van der Waals surface area contributed by atoms with Crippen molar-refractivity contribution in [1.82, 2.24) is 0 Å². The second-order valence-electron chi connectivity index (χ2n) is 4.92. The van der Waals surface area contributed by atoms with Crippen molar-refractivity contribution >= 4 is 5.97 Å². The summed E-state index contributed by atoms with van der Waals surface area (Å²) in [5, 5.41) is 0. The minimum atomic E-state index is -0.377. The molecule has 0 aliphatic heterocycles. The van der Waals surface area contributed by atoms with E-state index in [1.54, 1.807) is 7.11 Å². The molecule has 0 aromatic heterocycles. The molecule has 0 N–H and O–H groups in total. The van der Waals surface area contributed by atoms with E-state index in [2.05, 4.69) is 0 Å². The second-order valence-corrected chi connectivity index (χ2v) is 4.92. The molecule has 3 heteroatoms. The van der Waals surface area contributed by atoms with Gasteiger partial charge >= 0.3 is 5.97 Å². The zero-order valence-corrected chi connectivity index (χ0v) is 10.6. The highest BCUT2D eigenvalue weighted by molar-refractivity contribution is 5.72. The molecule has 0 bridgehead atoms. The lowest BCUT2D eigenvalue weighted by Crippen LogP contribution is -2.27. The molecule has 0 amide bonds. The summed E-state index contributed by atoms with van der Waals surface area (Å²) in [7, 11) is 1.69. The predicted molar refractivity (Wildman–Crippen MR) is 60.7 cm³/mol. The van der Waals surface area contributed by atoms with E-state index in [9.17, 15) is 4.79 Å². The van der Waals surface area contributed by atoms with Crippen LogP contribution < -0.4 is 0 Å². The number of ether oxygens (including phenoxy) is 2. The number of hydrogen-bond donors (Lipinski definition) is 0. The van der Waals surface area contributed by atoms with Crippen molar-refractivity contribution in [3.05, 3.63) is 0 Å². The Hall–Kier alpha value is -0.570. The number of rotatable bonds is 6. The quantitative estimate of drug-likeness (QED) is 0.506. The summed E-state index contributed by atoms with van der Waals surface area (Å²) in [5.41, 5.74) is -0.377. The number of hydrogen-bond acceptors (Lipinski definition) is 3. The number of unbranched alkanes of at least 4 members (excludes halogenated alkanes) is 1. The van der Waals surface area contributed by atoms with Crippen LogP contribution in [-0.2, 0) is 14.3 Å². The first-order valence-electron chi connectivity index (χ1n) is 5.58. The lowest BCUT2D eigenvalue weighted by molar-refractivity contribution is -0.159. The van der Waals surface area contributed by atoms with Gasteiger partial charge in [0.2, 0.25) is 0 Å². The Balaban J connectivity index is 3.70. The molecule has 0 aliphatic carbocycles. The van der Waals surface area contributed by atoms with Gasteiger partial charge in [-0.3, -0.25) is 4.79 Å². The van der Waals surface area contributed by atoms with Gasteiger partial charge in [-0.05, 0) is 33.6 Å². The first-order valence-corrected chi connectivity index (χ1v) is 5.58. The maximum absolute atomic E-state index is 11.6. The molecule has 0 saturated heterocycles. The zero-order valence-electron chi connectivity index (χ0n) is 10.6. The van der Waals surface area contributed by atoms with E-state index in [0.717, 1.165) is 25.9 Å².